The Morgan fingerprint density at radius 1 is 1.00 bits per heavy atom. The Hall–Kier alpha value is -4.63. The molecule has 37 heavy (non-hydrogen) atoms. The average molecular weight is 493 g/mol. The predicted octanol–water partition coefficient (Wildman–Crippen LogP) is 7.12. The third kappa shape index (κ3) is 6.53. The van der Waals surface area contributed by atoms with Gasteiger partial charge in [-0.2, -0.15) is 0 Å². The zero-order valence-electron chi connectivity index (χ0n) is 20.6. The molecule has 2 N–H and O–H groups in total. The van der Waals surface area contributed by atoms with Crippen molar-refractivity contribution in [2.75, 3.05) is 5.32 Å². The standard InChI is InChI=1S/C31H28N2O4/c1-21(27-14-5-9-23-8-3-4-13-28(23)27)31(36)33-29-18-22(16-17-24(29)10-6-15-30(34)35)20-37-26-12-7-11-25(19-26)32-2/h3-5,7-9,11-14,16-19,21H,6,10,15,20H2,1H3,(H,33,36)(H,34,35). The van der Waals surface area contributed by atoms with Crippen molar-refractivity contribution < 1.29 is 19.4 Å². The third-order valence-corrected chi connectivity index (χ3v) is 6.30. The molecule has 0 aliphatic rings. The second kappa shape index (κ2) is 11.9. The second-order valence-corrected chi connectivity index (χ2v) is 8.92. The highest BCUT2D eigenvalue weighted by atomic mass is 16.5. The van der Waals surface area contributed by atoms with Crippen LogP contribution in [-0.2, 0) is 22.6 Å². The molecule has 1 amide bonds. The van der Waals surface area contributed by atoms with E-state index in [2.05, 4.69) is 10.2 Å². The van der Waals surface area contributed by atoms with Crippen LogP contribution in [0.5, 0.6) is 5.75 Å². The second-order valence-electron chi connectivity index (χ2n) is 8.92. The first-order chi connectivity index (χ1) is 17.9. The molecule has 0 aliphatic heterocycles. The van der Waals surface area contributed by atoms with Crippen LogP contribution in [0.15, 0.2) is 84.9 Å². The first-order valence-corrected chi connectivity index (χ1v) is 12.2. The topological polar surface area (TPSA) is 80.0 Å². The first-order valence-electron chi connectivity index (χ1n) is 12.2. The van der Waals surface area contributed by atoms with Gasteiger partial charge in [0, 0.05) is 12.1 Å². The Bertz CT molecular complexity index is 1470. The molecule has 0 spiro atoms. The molecule has 0 bridgehead atoms. The summed E-state index contributed by atoms with van der Waals surface area (Å²) >= 11 is 0. The fraction of sp³-hybridized carbons (Fsp3) is 0.194. The van der Waals surface area contributed by atoms with E-state index < -0.39 is 11.9 Å². The number of hydrogen-bond acceptors (Lipinski definition) is 3. The van der Waals surface area contributed by atoms with Crippen LogP contribution in [0.2, 0.25) is 0 Å². The van der Waals surface area contributed by atoms with E-state index >= 15 is 0 Å². The van der Waals surface area contributed by atoms with Gasteiger partial charge in [-0.05, 0) is 65.4 Å². The van der Waals surface area contributed by atoms with E-state index in [1.807, 2.05) is 67.6 Å². The molecule has 1 atom stereocenters. The molecule has 0 saturated heterocycles. The smallest absolute Gasteiger partial charge is 0.303 e. The van der Waals surface area contributed by atoms with E-state index in [1.54, 1.807) is 24.3 Å². The largest absolute Gasteiger partial charge is 0.490 e. The number of aryl methyl sites for hydroxylation is 1. The van der Waals surface area contributed by atoms with Gasteiger partial charge in [0.25, 0.3) is 0 Å². The van der Waals surface area contributed by atoms with Crippen LogP contribution in [0.25, 0.3) is 15.6 Å². The molecule has 6 nitrogen and oxygen atoms in total. The van der Waals surface area contributed by atoms with E-state index in [1.165, 1.54) is 0 Å². The zero-order valence-corrected chi connectivity index (χ0v) is 20.6. The van der Waals surface area contributed by atoms with Gasteiger partial charge < -0.3 is 15.2 Å². The van der Waals surface area contributed by atoms with Crippen LogP contribution in [0.1, 0.15) is 42.4 Å². The van der Waals surface area contributed by atoms with E-state index in [4.69, 9.17) is 16.4 Å². The number of nitrogens with one attached hydrogen (secondary N) is 1. The fourth-order valence-corrected chi connectivity index (χ4v) is 4.30. The van der Waals surface area contributed by atoms with Crippen LogP contribution in [0.4, 0.5) is 11.4 Å². The molecular formula is C31H28N2O4. The summed E-state index contributed by atoms with van der Waals surface area (Å²) in [6.07, 6.45) is 1.05. The molecule has 4 rings (SSSR count). The van der Waals surface area contributed by atoms with Gasteiger partial charge in [-0.15, -0.1) is 0 Å². The van der Waals surface area contributed by atoms with Gasteiger partial charge in [0.15, 0.2) is 5.69 Å². The van der Waals surface area contributed by atoms with Crippen molar-refractivity contribution in [1.29, 1.82) is 0 Å². The summed E-state index contributed by atoms with van der Waals surface area (Å²) in [4.78, 5) is 27.8. The zero-order chi connectivity index (χ0) is 26.2. The summed E-state index contributed by atoms with van der Waals surface area (Å²) in [6.45, 7) is 9.32. The van der Waals surface area contributed by atoms with Crippen LogP contribution < -0.4 is 10.1 Å². The molecule has 186 valence electrons. The molecule has 4 aromatic carbocycles. The van der Waals surface area contributed by atoms with Crippen molar-refractivity contribution in [3.63, 3.8) is 0 Å². The lowest BCUT2D eigenvalue weighted by molar-refractivity contribution is -0.137. The van der Waals surface area contributed by atoms with E-state index in [9.17, 15) is 9.59 Å². The molecule has 0 aliphatic carbocycles. The van der Waals surface area contributed by atoms with Crippen molar-refractivity contribution in [3.05, 3.63) is 113 Å². The Morgan fingerprint density at radius 2 is 1.78 bits per heavy atom. The van der Waals surface area contributed by atoms with Gasteiger partial charge >= 0.3 is 5.97 Å². The van der Waals surface area contributed by atoms with Gasteiger partial charge in [-0.3, -0.25) is 9.59 Å². The number of hydrogen-bond donors (Lipinski definition) is 2. The van der Waals surface area contributed by atoms with Crippen molar-refractivity contribution in [2.45, 2.75) is 38.7 Å². The molecule has 0 saturated carbocycles. The molecule has 0 heterocycles. The lowest BCUT2D eigenvalue weighted by Gasteiger charge is -2.18. The van der Waals surface area contributed by atoms with Crippen LogP contribution >= 0.6 is 0 Å². The summed E-state index contributed by atoms with van der Waals surface area (Å²) in [7, 11) is 0. The summed E-state index contributed by atoms with van der Waals surface area (Å²) in [6, 6.07) is 26.6. The normalized spacial score (nSPS) is 11.5. The van der Waals surface area contributed by atoms with Gasteiger partial charge in [-0.25, -0.2) is 4.85 Å². The number of nitrogens with zero attached hydrogens (tertiary/aromatic N) is 1. The highest BCUT2D eigenvalue weighted by Crippen LogP contribution is 2.28. The molecule has 0 aromatic heterocycles. The number of carbonyl (C=O) groups excluding carboxylic acids is 1. The first kappa shape index (κ1) is 25.5. The third-order valence-electron chi connectivity index (χ3n) is 6.30. The summed E-state index contributed by atoms with van der Waals surface area (Å²) in [5, 5.41) is 14.3. The number of carboxylic acids is 1. The highest BCUT2D eigenvalue weighted by molar-refractivity contribution is 5.99. The Balaban J connectivity index is 1.55. The minimum atomic E-state index is -0.846. The van der Waals surface area contributed by atoms with E-state index in [0.717, 1.165) is 27.5 Å². The number of carboxylic acid groups (broad SMARTS) is 1. The molecule has 6 heteroatoms. The molecule has 4 aromatic rings. The van der Waals surface area contributed by atoms with E-state index in [0.29, 0.717) is 30.0 Å². The van der Waals surface area contributed by atoms with Crippen LogP contribution in [0.3, 0.4) is 0 Å². The minimum Gasteiger partial charge on any atom is -0.490 e. The van der Waals surface area contributed by atoms with Gasteiger partial charge in [0.05, 0.1) is 12.5 Å². The van der Waals surface area contributed by atoms with Crippen molar-refractivity contribution in [3.8, 4) is 5.75 Å². The molecular weight excluding hydrogens is 464 g/mol. The quantitative estimate of drug-likeness (QED) is 0.231. The number of rotatable bonds is 10. The van der Waals surface area contributed by atoms with Gasteiger partial charge in [0.2, 0.25) is 5.91 Å². The maximum Gasteiger partial charge on any atom is 0.303 e. The number of benzene rings is 4. The SMILES string of the molecule is [C-]#[N+]c1cccc(OCc2ccc(CCCC(=O)O)c(NC(=O)C(C)c3cccc4ccccc34)c2)c1. The van der Waals surface area contributed by atoms with E-state index in [-0.39, 0.29) is 18.9 Å². The Morgan fingerprint density at radius 3 is 2.59 bits per heavy atom. The molecule has 0 fully saturated rings. The fourth-order valence-electron chi connectivity index (χ4n) is 4.30. The van der Waals surface area contributed by atoms with Crippen molar-refractivity contribution in [1.82, 2.24) is 0 Å². The van der Waals surface area contributed by atoms with Gasteiger partial charge in [-0.1, -0.05) is 66.7 Å². The Labute approximate surface area is 216 Å². The maximum atomic E-state index is 13.4. The highest BCUT2D eigenvalue weighted by Gasteiger charge is 2.19. The van der Waals surface area contributed by atoms with Crippen molar-refractivity contribution >= 4 is 34.0 Å². The number of carbonyl (C=O) groups is 2. The molecule has 1 unspecified atom stereocenters. The average Bonchev–Trinajstić information content (AvgIpc) is 2.92. The number of aliphatic carboxylic acids is 1. The van der Waals surface area contributed by atoms with Crippen LogP contribution in [0, 0.1) is 6.57 Å². The monoisotopic (exact) mass is 492 g/mol. The number of anilines is 1. The number of fused-ring (bicyclic) bond motifs is 1. The van der Waals surface area contributed by atoms with Gasteiger partial charge in [0.1, 0.15) is 12.4 Å². The predicted molar refractivity (Wildman–Crippen MR) is 145 cm³/mol. The summed E-state index contributed by atoms with van der Waals surface area (Å²) < 4.78 is 5.88. The molecule has 0 radical (unpaired) electrons. The maximum absolute atomic E-state index is 13.4. The lowest BCUT2D eigenvalue weighted by atomic mass is 9.94. The summed E-state index contributed by atoms with van der Waals surface area (Å²) in [5.74, 6) is -0.788. The minimum absolute atomic E-state index is 0.0576. The van der Waals surface area contributed by atoms with Crippen molar-refractivity contribution in [2.24, 2.45) is 0 Å². The van der Waals surface area contributed by atoms with Crippen LogP contribution in [-0.4, -0.2) is 17.0 Å². The number of amides is 1. The Kier molecular flexibility index (Phi) is 8.17. The summed E-state index contributed by atoms with van der Waals surface area (Å²) in [5.41, 5.74) is 3.82. The lowest BCUT2D eigenvalue weighted by Crippen LogP contribution is -2.20. The number of ether oxygens (including phenoxy) is 1.